The first-order valence-corrected chi connectivity index (χ1v) is 15.9. The number of carbonyl (C=O) groups is 1. The summed E-state index contributed by atoms with van der Waals surface area (Å²) in [6, 6.07) is 9.37. The van der Waals surface area contributed by atoms with Gasteiger partial charge in [0.25, 0.3) is 10.0 Å². The highest BCUT2D eigenvalue weighted by Gasteiger charge is 2.36. The molecule has 3 aromatic rings. The van der Waals surface area contributed by atoms with Crippen molar-refractivity contribution in [2.75, 3.05) is 44.2 Å². The van der Waals surface area contributed by atoms with E-state index in [4.69, 9.17) is 16.6 Å². The summed E-state index contributed by atoms with van der Waals surface area (Å²) < 4.78 is 29.6. The summed E-state index contributed by atoms with van der Waals surface area (Å²) in [4.78, 5) is 22.8. The molecule has 196 valence electrons. The average molecular weight is 569 g/mol. The molecule has 1 atom stereocenters. The number of hydrogen-bond acceptors (Lipinski definition) is 7. The van der Waals surface area contributed by atoms with Gasteiger partial charge in [0.2, 0.25) is 5.91 Å². The molecule has 1 amide bonds. The van der Waals surface area contributed by atoms with E-state index in [1.54, 1.807) is 11.0 Å². The number of rotatable bonds is 10. The second-order valence-electron chi connectivity index (χ2n) is 8.93. The Bertz CT molecular complexity index is 1300. The van der Waals surface area contributed by atoms with E-state index in [2.05, 4.69) is 37.8 Å². The number of benzene rings is 1. The number of amides is 1. The summed E-state index contributed by atoms with van der Waals surface area (Å²) in [7, 11) is -3.68. The number of sulfonamides is 1. The highest BCUT2D eigenvalue weighted by molar-refractivity contribution is 7.91. The molecular weight excluding hydrogens is 536 g/mol. The van der Waals surface area contributed by atoms with E-state index in [-0.39, 0.29) is 16.7 Å². The fourth-order valence-corrected chi connectivity index (χ4v) is 8.74. The van der Waals surface area contributed by atoms with Crippen LogP contribution < -0.4 is 4.90 Å². The second-order valence-corrected chi connectivity index (χ2v) is 13.8. The van der Waals surface area contributed by atoms with Crippen LogP contribution in [0.5, 0.6) is 0 Å². The zero-order valence-electron chi connectivity index (χ0n) is 20.9. The summed E-state index contributed by atoms with van der Waals surface area (Å²) in [6.45, 7) is 9.97. The van der Waals surface area contributed by atoms with Crippen LogP contribution in [0.4, 0.5) is 5.13 Å². The number of hydrogen-bond donors (Lipinski definition) is 0. The van der Waals surface area contributed by atoms with Gasteiger partial charge in [-0.15, -0.1) is 11.3 Å². The molecule has 0 radical (unpaired) electrons. The number of aromatic nitrogens is 1. The number of halogens is 1. The fraction of sp³-hybridized carbons (Fsp3) is 0.520. The van der Waals surface area contributed by atoms with Gasteiger partial charge in [0.15, 0.2) is 5.13 Å². The highest BCUT2D eigenvalue weighted by atomic mass is 35.5. The lowest BCUT2D eigenvalue weighted by Crippen LogP contribution is -2.48. The summed E-state index contributed by atoms with van der Waals surface area (Å²) in [5.41, 5.74) is 2.12. The minimum absolute atomic E-state index is 0.0546. The highest BCUT2D eigenvalue weighted by Crippen LogP contribution is 2.34. The Kier molecular flexibility index (Phi) is 9.06. The molecule has 0 bridgehead atoms. The van der Waals surface area contributed by atoms with E-state index in [0.717, 1.165) is 47.6 Å². The van der Waals surface area contributed by atoms with Crippen LogP contribution in [-0.2, 0) is 21.2 Å². The SMILES string of the molecule is CCc1ccc2nc(N(CCN(CC)CC)C(=O)C3CCCN(S(=O)(=O)c4ccc(Cl)s4)C3)sc2c1. The van der Waals surface area contributed by atoms with Crippen LogP contribution in [0.3, 0.4) is 0 Å². The van der Waals surface area contributed by atoms with Crippen LogP contribution in [-0.4, -0.2) is 67.8 Å². The molecule has 1 unspecified atom stereocenters. The Balaban J connectivity index is 1.60. The number of nitrogens with zero attached hydrogens (tertiary/aromatic N) is 4. The monoisotopic (exact) mass is 568 g/mol. The number of piperidine rings is 1. The molecular formula is C25H33ClN4O3S3. The first-order chi connectivity index (χ1) is 17.3. The lowest BCUT2D eigenvalue weighted by molar-refractivity contribution is -0.123. The zero-order chi connectivity index (χ0) is 25.9. The number of carbonyl (C=O) groups excluding carboxylic acids is 1. The van der Waals surface area contributed by atoms with Gasteiger partial charge in [0.1, 0.15) is 4.21 Å². The van der Waals surface area contributed by atoms with Crippen LogP contribution >= 0.6 is 34.3 Å². The van der Waals surface area contributed by atoms with Crippen molar-refractivity contribution in [3.8, 4) is 0 Å². The standard InChI is InChI=1S/C25H33ClN4O3S3/c1-4-18-9-10-20-21(16-18)34-25(27-20)30(15-14-28(5-2)6-3)24(31)19-8-7-13-29(17-19)36(32,33)23-12-11-22(26)35-23/h9-12,16,19H,4-8,13-15,17H2,1-3H3. The molecule has 1 aromatic carbocycles. The number of likely N-dealkylation sites (N-methyl/N-ethyl adjacent to an activating group) is 1. The van der Waals surface area contributed by atoms with Gasteiger partial charge in [-0.05, 0) is 62.2 Å². The van der Waals surface area contributed by atoms with Gasteiger partial charge in [-0.2, -0.15) is 4.31 Å². The van der Waals surface area contributed by atoms with Crippen LogP contribution in [0, 0.1) is 5.92 Å². The summed E-state index contributed by atoms with van der Waals surface area (Å²) in [5, 5.41) is 0.681. The molecule has 1 fully saturated rings. The predicted molar refractivity (Wildman–Crippen MR) is 150 cm³/mol. The van der Waals surface area contributed by atoms with Crippen LogP contribution in [0.1, 0.15) is 39.2 Å². The average Bonchev–Trinajstić information content (AvgIpc) is 3.52. The molecule has 11 heteroatoms. The minimum Gasteiger partial charge on any atom is -0.302 e. The van der Waals surface area contributed by atoms with Crippen molar-refractivity contribution in [1.29, 1.82) is 0 Å². The van der Waals surface area contributed by atoms with Gasteiger partial charge in [-0.25, -0.2) is 13.4 Å². The third kappa shape index (κ3) is 5.95. The van der Waals surface area contributed by atoms with Gasteiger partial charge in [-0.3, -0.25) is 9.69 Å². The van der Waals surface area contributed by atoms with Crippen molar-refractivity contribution in [2.24, 2.45) is 5.92 Å². The van der Waals surface area contributed by atoms with E-state index < -0.39 is 15.9 Å². The fourth-order valence-electron chi connectivity index (χ4n) is 4.52. The molecule has 3 heterocycles. The van der Waals surface area contributed by atoms with Crippen molar-refractivity contribution in [1.82, 2.24) is 14.2 Å². The molecule has 4 rings (SSSR count). The van der Waals surface area contributed by atoms with Gasteiger partial charge >= 0.3 is 0 Å². The van der Waals surface area contributed by atoms with Gasteiger partial charge in [0.05, 0.1) is 20.5 Å². The molecule has 0 spiro atoms. The van der Waals surface area contributed by atoms with E-state index in [0.29, 0.717) is 35.4 Å². The van der Waals surface area contributed by atoms with Crippen molar-refractivity contribution < 1.29 is 13.2 Å². The van der Waals surface area contributed by atoms with E-state index in [9.17, 15) is 13.2 Å². The Morgan fingerprint density at radius 2 is 1.92 bits per heavy atom. The largest absolute Gasteiger partial charge is 0.302 e. The molecule has 1 saturated heterocycles. The third-order valence-corrected chi connectivity index (χ3v) is 11.4. The maximum absolute atomic E-state index is 13.9. The predicted octanol–water partition coefficient (Wildman–Crippen LogP) is 5.35. The smallest absolute Gasteiger partial charge is 0.252 e. The summed E-state index contributed by atoms with van der Waals surface area (Å²) in [5.74, 6) is -0.472. The van der Waals surface area contributed by atoms with E-state index in [1.165, 1.54) is 27.3 Å². The van der Waals surface area contributed by atoms with Crippen molar-refractivity contribution in [3.05, 3.63) is 40.2 Å². The molecule has 7 nitrogen and oxygen atoms in total. The Morgan fingerprint density at radius 3 is 2.58 bits per heavy atom. The van der Waals surface area contributed by atoms with E-state index in [1.807, 2.05) is 6.07 Å². The Morgan fingerprint density at radius 1 is 1.14 bits per heavy atom. The number of thiazole rings is 1. The van der Waals surface area contributed by atoms with Crippen LogP contribution in [0.2, 0.25) is 4.34 Å². The topological polar surface area (TPSA) is 73.8 Å². The van der Waals surface area contributed by atoms with Crippen molar-refractivity contribution in [2.45, 2.75) is 44.2 Å². The third-order valence-electron chi connectivity index (χ3n) is 6.76. The Hall–Kier alpha value is -1.56. The van der Waals surface area contributed by atoms with Gasteiger partial charge in [0, 0.05) is 26.2 Å². The lowest BCUT2D eigenvalue weighted by Gasteiger charge is -2.34. The number of fused-ring (bicyclic) bond motifs is 1. The summed E-state index contributed by atoms with van der Waals surface area (Å²) >= 11 is 8.58. The van der Waals surface area contributed by atoms with Crippen molar-refractivity contribution >= 4 is 65.6 Å². The zero-order valence-corrected chi connectivity index (χ0v) is 24.1. The van der Waals surface area contributed by atoms with Gasteiger partial charge < -0.3 is 4.90 Å². The van der Waals surface area contributed by atoms with Crippen LogP contribution in [0.15, 0.2) is 34.5 Å². The molecule has 1 aliphatic heterocycles. The van der Waals surface area contributed by atoms with E-state index >= 15 is 0 Å². The molecule has 0 saturated carbocycles. The number of anilines is 1. The lowest BCUT2D eigenvalue weighted by atomic mass is 9.98. The first-order valence-electron chi connectivity index (χ1n) is 12.5. The van der Waals surface area contributed by atoms with Crippen molar-refractivity contribution in [3.63, 3.8) is 0 Å². The molecule has 2 aromatic heterocycles. The number of thiophene rings is 1. The molecule has 0 aliphatic carbocycles. The summed E-state index contributed by atoms with van der Waals surface area (Å²) in [6.07, 6.45) is 2.23. The molecule has 1 aliphatic rings. The van der Waals surface area contributed by atoms with Gasteiger partial charge in [-0.1, -0.05) is 49.8 Å². The quantitative estimate of drug-likeness (QED) is 0.330. The maximum atomic E-state index is 13.9. The molecule has 36 heavy (non-hydrogen) atoms. The normalized spacial score (nSPS) is 17.2. The first kappa shape index (κ1) is 27.5. The maximum Gasteiger partial charge on any atom is 0.252 e. The second kappa shape index (κ2) is 11.9. The number of aryl methyl sites for hydroxylation is 1. The Labute approximate surface area is 226 Å². The minimum atomic E-state index is -3.68. The molecule has 0 N–H and O–H groups in total. The van der Waals surface area contributed by atoms with Crippen LogP contribution in [0.25, 0.3) is 10.2 Å².